The molecule has 2 unspecified atom stereocenters. The third-order valence-electron chi connectivity index (χ3n) is 4.33. The molecule has 5 heteroatoms. The van der Waals surface area contributed by atoms with Gasteiger partial charge in [-0.05, 0) is 50.0 Å². The van der Waals surface area contributed by atoms with Crippen LogP contribution in [0.5, 0.6) is 5.75 Å². The second kappa shape index (κ2) is 8.23. The number of likely N-dealkylation sites (N-methyl/N-ethyl adjacent to an activating group) is 1. The van der Waals surface area contributed by atoms with Crippen LogP contribution in [0.2, 0.25) is 10.0 Å². The van der Waals surface area contributed by atoms with Crippen molar-refractivity contribution in [2.24, 2.45) is 11.7 Å². The number of nitrogens with two attached hydrogens (primary N) is 1. The Morgan fingerprint density at radius 2 is 2.14 bits per heavy atom. The normalized spacial score (nSPS) is 22.0. The fraction of sp³-hybridized carbons (Fsp3) is 0.625. The van der Waals surface area contributed by atoms with E-state index in [0.29, 0.717) is 34.4 Å². The maximum Gasteiger partial charge on any atom is 0.138 e. The minimum atomic E-state index is 0.561. The fourth-order valence-electron chi connectivity index (χ4n) is 3.20. The molecule has 0 radical (unpaired) electrons. The van der Waals surface area contributed by atoms with Crippen LogP contribution in [0.25, 0.3) is 0 Å². The van der Waals surface area contributed by atoms with E-state index in [9.17, 15) is 0 Å². The summed E-state index contributed by atoms with van der Waals surface area (Å²) < 4.78 is 5.79. The summed E-state index contributed by atoms with van der Waals surface area (Å²) >= 11 is 12.0. The van der Waals surface area contributed by atoms with Crippen molar-refractivity contribution >= 4 is 23.2 Å². The highest BCUT2D eigenvalue weighted by Crippen LogP contribution is 2.30. The summed E-state index contributed by atoms with van der Waals surface area (Å²) in [6.07, 6.45) is 3.78. The number of rotatable bonds is 7. The highest BCUT2D eigenvalue weighted by Gasteiger charge is 2.30. The van der Waals surface area contributed by atoms with Crippen molar-refractivity contribution in [1.82, 2.24) is 4.90 Å². The van der Waals surface area contributed by atoms with Gasteiger partial charge in [-0.1, -0.05) is 36.5 Å². The van der Waals surface area contributed by atoms with Gasteiger partial charge in [0.15, 0.2) is 0 Å². The van der Waals surface area contributed by atoms with Crippen molar-refractivity contribution in [2.75, 3.05) is 26.2 Å². The molecule has 0 saturated heterocycles. The summed E-state index contributed by atoms with van der Waals surface area (Å²) in [5.41, 5.74) is 5.88. The zero-order chi connectivity index (χ0) is 15.2. The number of ether oxygens (including phenoxy) is 1. The van der Waals surface area contributed by atoms with Gasteiger partial charge in [0.1, 0.15) is 12.4 Å². The lowest BCUT2D eigenvalue weighted by atomic mass is 10.0. The van der Waals surface area contributed by atoms with Crippen LogP contribution in [0, 0.1) is 5.92 Å². The van der Waals surface area contributed by atoms with E-state index in [-0.39, 0.29) is 0 Å². The van der Waals surface area contributed by atoms with Crippen molar-refractivity contribution in [3.05, 3.63) is 28.2 Å². The average Bonchev–Trinajstić information content (AvgIpc) is 2.94. The largest absolute Gasteiger partial charge is 0.491 e. The van der Waals surface area contributed by atoms with Gasteiger partial charge in [-0.2, -0.15) is 0 Å². The molecule has 1 fully saturated rings. The van der Waals surface area contributed by atoms with Gasteiger partial charge in [-0.15, -0.1) is 0 Å². The van der Waals surface area contributed by atoms with Gasteiger partial charge in [0, 0.05) is 17.6 Å². The highest BCUT2D eigenvalue weighted by molar-refractivity contribution is 6.35. The molecule has 0 heterocycles. The van der Waals surface area contributed by atoms with E-state index in [1.807, 2.05) is 6.07 Å². The quantitative estimate of drug-likeness (QED) is 0.825. The minimum absolute atomic E-state index is 0.561. The topological polar surface area (TPSA) is 38.5 Å². The molecule has 0 aliphatic heterocycles. The molecular formula is C16H24Cl2N2O. The fourth-order valence-corrected chi connectivity index (χ4v) is 3.66. The first-order valence-electron chi connectivity index (χ1n) is 7.67. The Hall–Kier alpha value is -0.480. The SMILES string of the molecule is CCN(CCOc1ccc(Cl)cc1Cl)C1CCCC1CN. The van der Waals surface area contributed by atoms with Gasteiger partial charge in [0.25, 0.3) is 0 Å². The van der Waals surface area contributed by atoms with Crippen LogP contribution in [0.4, 0.5) is 0 Å². The zero-order valence-corrected chi connectivity index (χ0v) is 14.0. The molecule has 0 bridgehead atoms. The molecule has 0 spiro atoms. The number of halogens is 2. The smallest absolute Gasteiger partial charge is 0.138 e. The van der Waals surface area contributed by atoms with E-state index < -0.39 is 0 Å². The standard InChI is InChI=1S/C16H24Cl2N2O/c1-2-20(15-5-3-4-12(15)11-19)8-9-21-16-7-6-13(17)10-14(16)18/h6-7,10,12,15H,2-5,8-9,11,19H2,1H3. The molecule has 1 saturated carbocycles. The maximum absolute atomic E-state index is 6.11. The molecule has 1 aromatic carbocycles. The van der Waals surface area contributed by atoms with E-state index in [1.165, 1.54) is 19.3 Å². The second-order valence-corrected chi connectivity index (χ2v) is 6.39. The predicted molar refractivity (Wildman–Crippen MR) is 89.4 cm³/mol. The van der Waals surface area contributed by atoms with Gasteiger partial charge in [-0.3, -0.25) is 4.90 Å². The first-order chi connectivity index (χ1) is 10.2. The molecule has 2 atom stereocenters. The second-order valence-electron chi connectivity index (χ2n) is 5.55. The molecule has 0 amide bonds. The van der Waals surface area contributed by atoms with Crippen LogP contribution >= 0.6 is 23.2 Å². The van der Waals surface area contributed by atoms with Gasteiger partial charge in [0.05, 0.1) is 5.02 Å². The third-order valence-corrected chi connectivity index (χ3v) is 4.86. The summed E-state index contributed by atoms with van der Waals surface area (Å²) in [7, 11) is 0. The Kier molecular flexibility index (Phi) is 6.62. The Labute approximate surface area is 137 Å². The Morgan fingerprint density at radius 1 is 1.33 bits per heavy atom. The first-order valence-corrected chi connectivity index (χ1v) is 8.43. The molecule has 1 aromatic rings. The van der Waals surface area contributed by atoms with Gasteiger partial charge in [-0.25, -0.2) is 0 Å². The average molecular weight is 331 g/mol. The van der Waals surface area contributed by atoms with Crippen LogP contribution in [0.1, 0.15) is 26.2 Å². The van der Waals surface area contributed by atoms with Crippen LogP contribution in [0.15, 0.2) is 18.2 Å². The van der Waals surface area contributed by atoms with Crippen molar-refractivity contribution in [3.8, 4) is 5.75 Å². The number of nitrogens with zero attached hydrogens (tertiary/aromatic N) is 1. The van der Waals surface area contributed by atoms with Crippen LogP contribution < -0.4 is 10.5 Å². The van der Waals surface area contributed by atoms with Crippen molar-refractivity contribution in [2.45, 2.75) is 32.2 Å². The van der Waals surface area contributed by atoms with E-state index in [4.69, 9.17) is 33.7 Å². The molecule has 2 N–H and O–H groups in total. The number of hydrogen-bond donors (Lipinski definition) is 1. The van der Waals surface area contributed by atoms with Crippen molar-refractivity contribution in [1.29, 1.82) is 0 Å². The third kappa shape index (κ3) is 4.49. The van der Waals surface area contributed by atoms with Gasteiger partial charge >= 0.3 is 0 Å². The van der Waals surface area contributed by atoms with E-state index in [2.05, 4.69) is 11.8 Å². The lowest BCUT2D eigenvalue weighted by Gasteiger charge is -2.31. The lowest BCUT2D eigenvalue weighted by Crippen LogP contribution is -2.42. The monoisotopic (exact) mass is 330 g/mol. The summed E-state index contributed by atoms with van der Waals surface area (Å²) in [5.74, 6) is 1.32. The summed E-state index contributed by atoms with van der Waals surface area (Å²) in [6.45, 7) is 5.53. The molecule has 0 aromatic heterocycles. The van der Waals surface area contributed by atoms with Gasteiger partial charge in [0.2, 0.25) is 0 Å². The van der Waals surface area contributed by atoms with Crippen molar-refractivity contribution < 1.29 is 4.74 Å². The van der Waals surface area contributed by atoms with Crippen LogP contribution in [-0.2, 0) is 0 Å². The molecule has 2 rings (SSSR count). The zero-order valence-electron chi connectivity index (χ0n) is 12.5. The molecule has 1 aliphatic carbocycles. The van der Waals surface area contributed by atoms with E-state index >= 15 is 0 Å². The Balaban J connectivity index is 1.86. The molecular weight excluding hydrogens is 307 g/mol. The molecule has 118 valence electrons. The summed E-state index contributed by atoms with van der Waals surface area (Å²) in [4.78, 5) is 2.48. The van der Waals surface area contributed by atoms with E-state index in [1.54, 1.807) is 12.1 Å². The Bertz CT molecular complexity index is 456. The molecule has 3 nitrogen and oxygen atoms in total. The number of benzene rings is 1. The predicted octanol–water partition coefficient (Wildman–Crippen LogP) is 3.82. The first kappa shape index (κ1) is 16.9. The van der Waals surface area contributed by atoms with Gasteiger partial charge < -0.3 is 10.5 Å². The summed E-state index contributed by atoms with van der Waals surface area (Å²) in [6, 6.07) is 5.92. The lowest BCUT2D eigenvalue weighted by molar-refractivity contribution is 0.141. The number of hydrogen-bond acceptors (Lipinski definition) is 3. The molecule has 1 aliphatic rings. The van der Waals surface area contributed by atoms with E-state index in [0.717, 1.165) is 19.6 Å². The summed E-state index contributed by atoms with van der Waals surface area (Å²) in [5, 5.41) is 1.19. The van der Waals surface area contributed by atoms with Crippen LogP contribution in [0.3, 0.4) is 0 Å². The highest BCUT2D eigenvalue weighted by atomic mass is 35.5. The Morgan fingerprint density at radius 3 is 2.81 bits per heavy atom. The van der Waals surface area contributed by atoms with Crippen molar-refractivity contribution in [3.63, 3.8) is 0 Å². The molecule has 21 heavy (non-hydrogen) atoms. The maximum atomic E-state index is 6.11. The van der Waals surface area contributed by atoms with Crippen LogP contribution in [-0.4, -0.2) is 37.2 Å². The minimum Gasteiger partial charge on any atom is -0.491 e.